The summed E-state index contributed by atoms with van der Waals surface area (Å²) in [7, 11) is 0. The molecule has 66 valence electrons. The molecule has 1 aromatic rings. The van der Waals surface area contributed by atoms with Gasteiger partial charge in [0.25, 0.3) is 0 Å². The van der Waals surface area contributed by atoms with Crippen molar-refractivity contribution in [3.05, 3.63) is 41.5 Å². The Morgan fingerprint density at radius 3 is 2.62 bits per heavy atom. The molecule has 2 rings (SSSR count). The first-order chi connectivity index (χ1) is 6.36. The van der Waals surface area contributed by atoms with Crippen LogP contribution in [0, 0.1) is 0 Å². The molecule has 1 N–H and O–H groups in total. The SMILES string of the molecule is O=C1NCCC1=Cc1ccccc1. The molecule has 2 heteroatoms. The molecule has 0 aromatic heterocycles. The molecule has 2 nitrogen and oxygen atoms in total. The fourth-order valence-electron chi connectivity index (χ4n) is 1.43. The molecule has 0 aliphatic carbocycles. The van der Waals surface area contributed by atoms with Crippen molar-refractivity contribution in [1.29, 1.82) is 0 Å². The summed E-state index contributed by atoms with van der Waals surface area (Å²) in [6.07, 6.45) is 2.79. The van der Waals surface area contributed by atoms with Gasteiger partial charge in [0.1, 0.15) is 0 Å². The zero-order chi connectivity index (χ0) is 9.10. The summed E-state index contributed by atoms with van der Waals surface area (Å²) < 4.78 is 0. The lowest BCUT2D eigenvalue weighted by atomic mass is 10.1. The zero-order valence-corrected chi connectivity index (χ0v) is 7.29. The van der Waals surface area contributed by atoms with E-state index in [4.69, 9.17) is 0 Å². The normalized spacial score (nSPS) is 19.1. The fraction of sp³-hybridized carbons (Fsp3) is 0.182. The van der Waals surface area contributed by atoms with Crippen molar-refractivity contribution in [1.82, 2.24) is 5.32 Å². The summed E-state index contributed by atoms with van der Waals surface area (Å²) in [5.41, 5.74) is 1.97. The van der Waals surface area contributed by atoms with Crippen LogP contribution in [0.25, 0.3) is 6.08 Å². The standard InChI is InChI=1S/C11H11NO/c13-11-10(6-7-12-11)8-9-4-2-1-3-5-9/h1-5,8H,6-7H2,(H,12,13). The monoisotopic (exact) mass is 173 g/mol. The second-order valence-electron chi connectivity index (χ2n) is 3.09. The Kier molecular flexibility index (Phi) is 2.13. The van der Waals surface area contributed by atoms with Crippen LogP contribution < -0.4 is 5.32 Å². The lowest BCUT2D eigenvalue weighted by molar-refractivity contribution is -0.116. The number of hydrogen-bond acceptors (Lipinski definition) is 1. The molecular weight excluding hydrogens is 162 g/mol. The number of nitrogens with one attached hydrogen (secondary N) is 1. The van der Waals surface area contributed by atoms with Crippen LogP contribution in [-0.2, 0) is 4.79 Å². The average molecular weight is 173 g/mol. The molecule has 0 saturated carbocycles. The van der Waals surface area contributed by atoms with E-state index in [1.807, 2.05) is 36.4 Å². The summed E-state index contributed by atoms with van der Waals surface area (Å²) in [6.45, 7) is 0.775. The van der Waals surface area contributed by atoms with E-state index in [0.717, 1.165) is 24.1 Å². The summed E-state index contributed by atoms with van der Waals surface area (Å²) >= 11 is 0. The number of carbonyl (C=O) groups excluding carboxylic acids is 1. The minimum Gasteiger partial charge on any atom is -0.352 e. The molecule has 13 heavy (non-hydrogen) atoms. The Balaban J connectivity index is 2.25. The highest BCUT2D eigenvalue weighted by atomic mass is 16.1. The maximum Gasteiger partial charge on any atom is 0.247 e. The average Bonchev–Trinajstić information content (AvgIpc) is 2.54. The number of amides is 1. The van der Waals surface area contributed by atoms with Crippen LogP contribution >= 0.6 is 0 Å². The van der Waals surface area contributed by atoms with Gasteiger partial charge in [-0.05, 0) is 18.1 Å². The first-order valence-electron chi connectivity index (χ1n) is 4.40. The molecule has 1 aliphatic rings. The number of carbonyl (C=O) groups is 1. The third-order valence-electron chi connectivity index (χ3n) is 2.11. The van der Waals surface area contributed by atoms with E-state index in [1.54, 1.807) is 0 Å². The van der Waals surface area contributed by atoms with Crippen LogP contribution in [0.15, 0.2) is 35.9 Å². The van der Waals surface area contributed by atoms with Gasteiger partial charge in [-0.2, -0.15) is 0 Å². The van der Waals surface area contributed by atoms with Crippen molar-refractivity contribution in [3.63, 3.8) is 0 Å². The molecule has 0 atom stereocenters. The minimum absolute atomic E-state index is 0.0730. The number of hydrogen-bond donors (Lipinski definition) is 1. The molecular formula is C11H11NO. The van der Waals surface area contributed by atoms with Crippen LogP contribution in [0.3, 0.4) is 0 Å². The quantitative estimate of drug-likeness (QED) is 0.642. The van der Waals surface area contributed by atoms with Gasteiger partial charge in [0.05, 0.1) is 0 Å². The highest BCUT2D eigenvalue weighted by molar-refractivity contribution is 5.99. The predicted octanol–water partition coefficient (Wildman–Crippen LogP) is 1.59. The van der Waals surface area contributed by atoms with Gasteiger partial charge >= 0.3 is 0 Å². The third-order valence-corrected chi connectivity index (χ3v) is 2.11. The molecule has 1 saturated heterocycles. The summed E-state index contributed by atoms with van der Waals surface area (Å²) in [5, 5.41) is 2.78. The van der Waals surface area contributed by atoms with E-state index in [-0.39, 0.29) is 5.91 Å². The molecule has 1 amide bonds. The highest BCUT2D eigenvalue weighted by Gasteiger charge is 2.15. The summed E-state index contributed by atoms with van der Waals surface area (Å²) in [4.78, 5) is 11.2. The van der Waals surface area contributed by atoms with Gasteiger partial charge in [-0.15, -0.1) is 0 Å². The van der Waals surface area contributed by atoms with Crippen molar-refractivity contribution in [2.75, 3.05) is 6.54 Å². The van der Waals surface area contributed by atoms with Crippen LogP contribution in [0.2, 0.25) is 0 Å². The third kappa shape index (κ3) is 1.78. The van der Waals surface area contributed by atoms with E-state index in [1.165, 1.54) is 0 Å². The lowest BCUT2D eigenvalue weighted by Crippen LogP contribution is -2.13. The smallest absolute Gasteiger partial charge is 0.247 e. The molecule has 0 bridgehead atoms. The van der Waals surface area contributed by atoms with Gasteiger partial charge in [-0.25, -0.2) is 0 Å². The largest absolute Gasteiger partial charge is 0.352 e. The Bertz CT molecular complexity index is 340. The molecule has 1 aromatic carbocycles. The molecule has 1 fully saturated rings. The van der Waals surface area contributed by atoms with Crippen molar-refractivity contribution < 1.29 is 4.79 Å². The van der Waals surface area contributed by atoms with Crippen LogP contribution in [-0.4, -0.2) is 12.5 Å². The van der Waals surface area contributed by atoms with E-state index < -0.39 is 0 Å². The van der Waals surface area contributed by atoms with Crippen LogP contribution in [0.5, 0.6) is 0 Å². The minimum atomic E-state index is 0.0730. The predicted molar refractivity (Wildman–Crippen MR) is 52.0 cm³/mol. The Morgan fingerprint density at radius 1 is 1.23 bits per heavy atom. The number of rotatable bonds is 1. The Morgan fingerprint density at radius 2 is 2.00 bits per heavy atom. The zero-order valence-electron chi connectivity index (χ0n) is 7.29. The van der Waals surface area contributed by atoms with Crippen LogP contribution in [0.4, 0.5) is 0 Å². The topological polar surface area (TPSA) is 29.1 Å². The first-order valence-corrected chi connectivity index (χ1v) is 4.40. The summed E-state index contributed by atoms with van der Waals surface area (Å²) in [6, 6.07) is 9.91. The molecule has 1 aliphatic heterocycles. The second kappa shape index (κ2) is 3.44. The van der Waals surface area contributed by atoms with Crippen molar-refractivity contribution in [2.24, 2.45) is 0 Å². The van der Waals surface area contributed by atoms with E-state index >= 15 is 0 Å². The fourth-order valence-corrected chi connectivity index (χ4v) is 1.43. The first kappa shape index (κ1) is 8.05. The van der Waals surface area contributed by atoms with Gasteiger partial charge in [-0.3, -0.25) is 4.79 Å². The number of benzene rings is 1. The van der Waals surface area contributed by atoms with Gasteiger partial charge in [-0.1, -0.05) is 30.3 Å². The van der Waals surface area contributed by atoms with E-state index in [0.29, 0.717) is 0 Å². The lowest BCUT2D eigenvalue weighted by Gasteiger charge is -1.94. The molecule has 0 spiro atoms. The molecule has 0 radical (unpaired) electrons. The van der Waals surface area contributed by atoms with Crippen molar-refractivity contribution in [2.45, 2.75) is 6.42 Å². The summed E-state index contributed by atoms with van der Waals surface area (Å²) in [5.74, 6) is 0.0730. The maximum atomic E-state index is 11.2. The Hall–Kier alpha value is -1.57. The maximum absolute atomic E-state index is 11.2. The molecule has 1 heterocycles. The van der Waals surface area contributed by atoms with Gasteiger partial charge in [0.2, 0.25) is 5.91 Å². The van der Waals surface area contributed by atoms with E-state index in [9.17, 15) is 4.79 Å². The molecule has 0 unspecified atom stereocenters. The van der Waals surface area contributed by atoms with Gasteiger partial charge in [0, 0.05) is 12.1 Å². The van der Waals surface area contributed by atoms with Gasteiger partial charge in [0.15, 0.2) is 0 Å². The highest BCUT2D eigenvalue weighted by Crippen LogP contribution is 2.12. The Labute approximate surface area is 77.3 Å². The van der Waals surface area contributed by atoms with Crippen LogP contribution in [0.1, 0.15) is 12.0 Å². The van der Waals surface area contributed by atoms with Crippen molar-refractivity contribution >= 4 is 12.0 Å². The van der Waals surface area contributed by atoms with Crippen molar-refractivity contribution in [3.8, 4) is 0 Å². The second-order valence-corrected chi connectivity index (χ2v) is 3.09. The van der Waals surface area contributed by atoms with Gasteiger partial charge < -0.3 is 5.32 Å². The van der Waals surface area contributed by atoms with E-state index in [2.05, 4.69) is 5.32 Å².